The predicted molar refractivity (Wildman–Crippen MR) is 144 cm³/mol. The minimum absolute atomic E-state index is 0.0648. The first-order chi connectivity index (χ1) is 17.0. The highest BCUT2D eigenvalue weighted by Crippen LogP contribution is 2.28. The van der Waals surface area contributed by atoms with Crippen LogP contribution in [0.3, 0.4) is 0 Å². The van der Waals surface area contributed by atoms with Crippen LogP contribution < -0.4 is 9.80 Å². The number of nitrogens with one attached hydrogen (secondary N) is 1. The summed E-state index contributed by atoms with van der Waals surface area (Å²) in [7, 11) is 4.30. The Morgan fingerprint density at radius 3 is 2.40 bits per heavy atom. The number of hydrogen-bond acceptors (Lipinski definition) is 4. The smallest absolute Gasteiger partial charge is 0.237 e. The molecule has 0 aliphatic carbocycles. The zero-order valence-electron chi connectivity index (χ0n) is 20.9. The van der Waals surface area contributed by atoms with E-state index in [0.717, 1.165) is 33.9 Å². The second-order valence-corrected chi connectivity index (χ2v) is 9.82. The first-order valence-electron chi connectivity index (χ1n) is 12.2. The molecule has 182 valence electrons. The van der Waals surface area contributed by atoms with Gasteiger partial charge in [-0.25, -0.2) is 0 Å². The van der Waals surface area contributed by atoms with Gasteiger partial charge in [-0.1, -0.05) is 85.4 Å². The van der Waals surface area contributed by atoms with E-state index < -0.39 is 0 Å². The molecule has 1 aromatic heterocycles. The Kier molecular flexibility index (Phi) is 8.21. The van der Waals surface area contributed by atoms with Crippen molar-refractivity contribution in [2.24, 2.45) is 0 Å². The molecule has 0 saturated carbocycles. The van der Waals surface area contributed by atoms with E-state index in [1.807, 2.05) is 54.3 Å². The molecule has 0 fully saturated rings. The van der Waals surface area contributed by atoms with Crippen LogP contribution in [0.15, 0.2) is 78.0 Å². The summed E-state index contributed by atoms with van der Waals surface area (Å²) >= 11 is 1.47. The molecule has 7 heteroatoms. The maximum absolute atomic E-state index is 13.4. The number of nitrogens with zero attached hydrogens (tertiary/aromatic N) is 4. The van der Waals surface area contributed by atoms with E-state index in [9.17, 15) is 4.79 Å². The fourth-order valence-corrected chi connectivity index (χ4v) is 5.38. The molecular formula is C28H34N5OS+. The highest BCUT2D eigenvalue weighted by Gasteiger charge is 2.26. The molecule has 0 saturated heterocycles. The zero-order chi connectivity index (χ0) is 24.8. The van der Waals surface area contributed by atoms with E-state index in [2.05, 4.69) is 66.1 Å². The third kappa shape index (κ3) is 5.57. The highest BCUT2D eigenvalue weighted by molar-refractivity contribution is 7.99. The number of amides is 1. The summed E-state index contributed by atoms with van der Waals surface area (Å²) in [5.74, 6) is 1.33. The van der Waals surface area contributed by atoms with Gasteiger partial charge in [0.2, 0.25) is 5.91 Å². The monoisotopic (exact) mass is 488 g/mol. The third-order valence-electron chi connectivity index (χ3n) is 6.35. The normalized spacial score (nSPS) is 12.3. The number of benzene rings is 3. The van der Waals surface area contributed by atoms with Crippen LogP contribution >= 0.6 is 11.8 Å². The van der Waals surface area contributed by atoms with Crippen molar-refractivity contribution in [3.63, 3.8) is 0 Å². The summed E-state index contributed by atoms with van der Waals surface area (Å²) in [5.41, 5.74) is 2.14. The van der Waals surface area contributed by atoms with Crippen LogP contribution in [0.25, 0.3) is 10.8 Å². The van der Waals surface area contributed by atoms with E-state index in [-0.39, 0.29) is 11.9 Å². The summed E-state index contributed by atoms with van der Waals surface area (Å²) in [5, 5.41) is 12.1. The maximum atomic E-state index is 13.4. The zero-order valence-corrected chi connectivity index (χ0v) is 21.8. The van der Waals surface area contributed by atoms with Gasteiger partial charge in [0.1, 0.15) is 6.04 Å². The summed E-state index contributed by atoms with van der Waals surface area (Å²) < 4.78 is 2.18. The molecule has 4 aromatic rings. The molecule has 0 aliphatic rings. The van der Waals surface area contributed by atoms with Gasteiger partial charge in [-0.3, -0.25) is 9.36 Å². The molecule has 0 radical (unpaired) electrons. The van der Waals surface area contributed by atoms with Gasteiger partial charge < -0.3 is 9.80 Å². The number of anilines is 1. The van der Waals surface area contributed by atoms with Crippen LogP contribution in [0.1, 0.15) is 37.7 Å². The van der Waals surface area contributed by atoms with Gasteiger partial charge in [-0.2, -0.15) is 0 Å². The minimum atomic E-state index is 0.0648. The lowest BCUT2D eigenvalue weighted by Gasteiger charge is -2.23. The first kappa shape index (κ1) is 24.9. The number of aromatic nitrogens is 3. The van der Waals surface area contributed by atoms with Gasteiger partial charge in [-0.15, -0.1) is 10.2 Å². The number of carbonyl (C=O) groups excluding carboxylic acids is 1. The molecule has 1 atom stereocenters. The average Bonchev–Trinajstić information content (AvgIpc) is 3.26. The van der Waals surface area contributed by atoms with E-state index in [0.29, 0.717) is 18.8 Å². The van der Waals surface area contributed by atoms with E-state index in [1.165, 1.54) is 22.2 Å². The lowest BCUT2D eigenvalue weighted by atomic mass is 10.1. The Labute approximate surface area is 212 Å². The van der Waals surface area contributed by atoms with Gasteiger partial charge in [0, 0.05) is 18.4 Å². The molecule has 4 rings (SSSR count). The Morgan fingerprint density at radius 2 is 1.69 bits per heavy atom. The van der Waals surface area contributed by atoms with Crippen molar-refractivity contribution in [1.82, 2.24) is 14.8 Å². The molecule has 3 aromatic carbocycles. The highest BCUT2D eigenvalue weighted by atomic mass is 32.2. The predicted octanol–water partition coefficient (Wildman–Crippen LogP) is 4.22. The van der Waals surface area contributed by atoms with Crippen molar-refractivity contribution >= 4 is 34.1 Å². The number of fused-ring (bicyclic) bond motifs is 1. The van der Waals surface area contributed by atoms with Crippen molar-refractivity contribution < 1.29 is 9.69 Å². The Balaban J connectivity index is 1.59. The summed E-state index contributed by atoms with van der Waals surface area (Å²) in [6, 6.07) is 24.9. The first-order valence-corrected chi connectivity index (χ1v) is 13.2. The van der Waals surface area contributed by atoms with Crippen molar-refractivity contribution in [3.05, 3.63) is 84.2 Å². The molecule has 35 heavy (non-hydrogen) atoms. The topological polar surface area (TPSA) is 55.5 Å². The van der Waals surface area contributed by atoms with Crippen LogP contribution in [-0.2, 0) is 11.3 Å². The number of carbonyl (C=O) groups is 1. The molecule has 1 N–H and O–H groups in total. The van der Waals surface area contributed by atoms with Gasteiger partial charge in [0.15, 0.2) is 11.0 Å². The van der Waals surface area contributed by atoms with Gasteiger partial charge in [-0.05, 0) is 23.9 Å². The van der Waals surface area contributed by atoms with Crippen LogP contribution in [0.5, 0.6) is 0 Å². The van der Waals surface area contributed by atoms with Crippen LogP contribution in [0.4, 0.5) is 5.69 Å². The molecule has 0 unspecified atom stereocenters. The molecule has 0 aliphatic heterocycles. The van der Waals surface area contributed by atoms with E-state index in [1.54, 1.807) is 0 Å². The quantitative estimate of drug-likeness (QED) is 0.340. The number of thioether (sulfide) groups is 1. The van der Waals surface area contributed by atoms with Crippen LogP contribution in [0.2, 0.25) is 0 Å². The molecule has 0 spiro atoms. The van der Waals surface area contributed by atoms with Crippen LogP contribution in [-0.4, -0.2) is 47.1 Å². The molecule has 1 amide bonds. The summed E-state index contributed by atoms with van der Waals surface area (Å²) in [4.78, 5) is 16.6. The molecule has 1 heterocycles. The fraction of sp³-hybridized carbons (Fsp3) is 0.321. The van der Waals surface area contributed by atoms with Crippen molar-refractivity contribution in [1.29, 1.82) is 0 Å². The molecule has 6 nitrogen and oxygen atoms in total. The van der Waals surface area contributed by atoms with Crippen molar-refractivity contribution in [2.45, 2.75) is 38.0 Å². The fourth-order valence-electron chi connectivity index (χ4n) is 4.56. The maximum Gasteiger partial charge on any atom is 0.237 e. The van der Waals surface area contributed by atoms with Crippen molar-refractivity contribution in [2.75, 3.05) is 31.3 Å². The Hall–Kier alpha value is -3.16. The lowest BCUT2D eigenvalue weighted by molar-refractivity contribution is -0.893. The largest absolute Gasteiger partial charge is 0.331 e. The molecule has 0 bridgehead atoms. The number of hydrogen-bond donors (Lipinski definition) is 1. The Bertz CT molecular complexity index is 1270. The van der Waals surface area contributed by atoms with E-state index >= 15 is 0 Å². The Morgan fingerprint density at radius 1 is 0.971 bits per heavy atom. The van der Waals surface area contributed by atoms with Crippen molar-refractivity contribution in [3.8, 4) is 0 Å². The summed E-state index contributed by atoms with van der Waals surface area (Å²) in [6.07, 6.45) is 0.962. The van der Waals surface area contributed by atoms with Gasteiger partial charge >= 0.3 is 0 Å². The van der Waals surface area contributed by atoms with Gasteiger partial charge in [0.25, 0.3) is 0 Å². The average molecular weight is 489 g/mol. The lowest BCUT2D eigenvalue weighted by Crippen LogP contribution is -3.06. The minimum Gasteiger partial charge on any atom is -0.331 e. The number of quaternary nitrogens is 1. The second kappa shape index (κ2) is 11.5. The SMILES string of the molecule is CC[C@@H](c1nnc(SCC(=O)N(CC)c2cccc3ccccc23)n1Cc1ccccc1)[NH+](C)C. The standard InChI is InChI=1S/C28H33N5OS/c1-5-24(31(3)4)27-29-30-28(33(27)19-21-13-8-7-9-14-21)35-20-26(34)32(6-2)25-18-12-16-22-15-10-11-17-23(22)25/h7-18,24H,5-6,19-20H2,1-4H3/p+1/t24-/m0/s1. The van der Waals surface area contributed by atoms with E-state index in [4.69, 9.17) is 0 Å². The third-order valence-corrected chi connectivity index (χ3v) is 7.30. The van der Waals surface area contributed by atoms with Gasteiger partial charge in [0.05, 0.1) is 32.1 Å². The summed E-state index contributed by atoms with van der Waals surface area (Å²) in [6.45, 7) is 5.49. The number of rotatable bonds is 10. The molecular weight excluding hydrogens is 454 g/mol. The van der Waals surface area contributed by atoms with Crippen LogP contribution in [0, 0.1) is 0 Å². The second-order valence-electron chi connectivity index (χ2n) is 8.88.